The molecule has 1 radical (unpaired) electrons. The molecule has 0 aliphatic rings. The van der Waals surface area contributed by atoms with Crippen molar-refractivity contribution in [2.75, 3.05) is 0 Å². The highest BCUT2D eigenvalue weighted by Gasteiger charge is 2.15. The third-order valence-electron chi connectivity index (χ3n) is 1.93. The summed E-state index contributed by atoms with van der Waals surface area (Å²) in [5, 5.41) is 0. The van der Waals surface area contributed by atoms with Crippen LogP contribution in [0.1, 0.15) is 0 Å². The topological polar surface area (TPSA) is 43.4 Å². The lowest BCUT2D eigenvalue weighted by molar-refractivity contribution is 0.486. The van der Waals surface area contributed by atoms with E-state index in [2.05, 4.69) is 6.07 Å². The molecule has 0 fully saturated rings. The van der Waals surface area contributed by atoms with E-state index in [1.165, 1.54) is 12.1 Å². The molecule has 0 aliphatic carbocycles. The van der Waals surface area contributed by atoms with E-state index in [-0.39, 0.29) is 10.6 Å². The van der Waals surface area contributed by atoms with Crippen LogP contribution in [0.3, 0.4) is 0 Å². The Kier molecular flexibility index (Phi) is 2.92. The van der Waals surface area contributed by atoms with E-state index in [1.54, 1.807) is 42.5 Å². The highest BCUT2D eigenvalue weighted by Crippen LogP contribution is 2.17. The fourth-order valence-corrected chi connectivity index (χ4v) is 2.14. The molecule has 4 heteroatoms. The van der Waals surface area contributed by atoms with E-state index >= 15 is 0 Å². The van der Waals surface area contributed by atoms with Crippen molar-refractivity contribution in [3.8, 4) is 5.75 Å². The summed E-state index contributed by atoms with van der Waals surface area (Å²) in [6.07, 6.45) is 0. The average molecular weight is 233 g/mol. The van der Waals surface area contributed by atoms with Crippen LogP contribution in [0.5, 0.6) is 5.75 Å². The van der Waals surface area contributed by atoms with Crippen molar-refractivity contribution < 1.29 is 12.6 Å². The van der Waals surface area contributed by atoms with Crippen molar-refractivity contribution in [2.24, 2.45) is 0 Å². The molecule has 2 rings (SSSR count). The third kappa shape index (κ3) is 2.41. The van der Waals surface area contributed by atoms with Gasteiger partial charge in [0.05, 0.1) is 0 Å². The zero-order valence-corrected chi connectivity index (χ0v) is 9.15. The van der Waals surface area contributed by atoms with Gasteiger partial charge in [-0.2, -0.15) is 8.42 Å². The zero-order valence-electron chi connectivity index (χ0n) is 8.33. The Balaban J connectivity index is 2.29. The van der Waals surface area contributed by atoms with Crippen LogP contribution in [-0.4, -0.2) is 8.42 Å². The predicted octanol–water partition coefficient (Wildman–Crippen LogP) is 2.25. The molecule has 0 bridgehead atoms. The molecule has 0 saturated heterocycles. The normalized spacial score (nSPS) is 11.0. The van der Waals surface area contributed by atoms with Gasteiger partial charge >= 0.3 is 10.1 Å². The number of benzene rings is 2. The Bertz CT molecular complexity index is 547. The Morgan fingerprint density at radius 2 is 1.56 bits per heavy atom. The zero-order chi connectivity index (χ0) is 11.4. The molecule has 0 atom stereocenters. The summed E-state index contributed by atoms with van der Waals surface area (Å²) < 4.78 is 28.5. The summed E-state index contributed by atoms with van der Waals surface area (Å²) in [6.45, 7) is 0. The van der Waals surface area contributed by atoms with Crippen LogP contribution in [0.4, 0.5) is 0 Å². The number of hydrogen-bond acceptors (Lipinski definition) is 3. The minimum Gasteiger partial charge on any atom is -0.379 e. The molecule has 0 aromatic heterocycles. The van der Waals surface area contributed by atoms with Crippen molar-refractivity contribution in [2.45, 2.75) is 4.90 Å². The molecule has 3 nitrogen and oxygen atoms in total. The van der Waals surface area contributed by atoms with E-state index in [0.29, 0.717) is 0 Å². The first-order valence-corrected chi connectivity index (χ1v) is 6.05. The average Bonchev–Trinajstić information content (AvgIpc) is 2.31. The Labute approximate surface area is 94.4 Å². The van der Waals surface area contributed by atoms with Gasteiger partial charge in [0.25, 0.3) is 0 Å². The summed E-state index contributed by atoms with van der Waals surface area (Å²) in [6, 6.07) is 17.1. The molecule has 0 unspecified atom stereocenters. The Morgan fingerprint density at radius 1 is 0.938 bits per heavy atom. The molecule has 0 spiro atoms. The lowest BCUT2D eigenvalue weighted by Gasteiger charge is -2.05. The van der Waals surface area contributed by atoms with E-state index < -0.39 is 10.1 Å². The first kappa shape index (κ1) is 10.7. The summed E-state index contributed by atoms with van der Waals surface area (Å²) in [5.74, 6) is 0.280. The first-order chi connectivity index (χ1) is 7.68. The Hall–Kier alpha value is -1.81. The highest BCUT2D eigenvalue weighted by atomic mass is 32.2. The van der Waals surface area contributed by atoms with Gasteiger partial charge in [-0.25, -0.2) is 0 Å². The lowest BCUT2D eigenvalue weighted by Crippen LogP contribution is -2.09. The summed E-state index contributed by atoms with van der Waals surface area (Å²) in [5.41, 5.74) is 0. The second-order valence-electron chi connectivity index (χ2n) is 3.09. The molecular weight excluding hydrogens is 224 g/mol. The SMILES string of the molecule is O=S(=O)(Oc1cc[c]cc1)c1ccccc1. The first-order valence-electron chi connectivity index (χ1n) is 4.64. The quantitative estimate of drug-likeness (QED) is 0.764. The van der Waals surface area contributed by atoms with Gasteiger partial charge in [0, 0.05) is 0 Å². The maximum Gasteiger partial charge on any atom is 0.339 e. The highest BCUT2D eigenvalue weighted by molar-refractivity contribution is 7.87. The second kappa shape index (κ2) is 4.37. The fourth-order valence-electron chi connectivity index (χ4n) is 1.19. The molecule has 81 valence electrons. The van der Waals surface area contributed by atoms with Crippen LogP contribution in [0.15, 0.2) is 59.5 Å². The Morgan fingerprint density at radius 3 is 2.19 bits per heavy atom. The maximum atomic E-state index is 11.8. The smallest absolute Gasteiger partial charge is 0.339 e. The monoisotopic (exact) mass is 233 g/mol. The van der Waals surface area contributed by atoms with Crippen molar-refractivity contribution in [3.63, 3.8) is 0 Å². The van der Waals surface area contributed by atoms with Crippen molar-refractivity contribution in [1.29, 1.82) is 0 Å². The van der Waals surface area contributed by atoms with Gasteiger partial charge in [0.2, 0.25) is 0 Å². The molecule has 2 aromatic carbocycles. The summed E-state index contributed by atoms with van der Waals surface area (Å²) in [4.78, 5) is 0.142. The molecule has 0 saturated carbocycles. The summed E-state index contributed by atoms with van der Waals surface area (Å²) in [7, 11) is -3.73. The van der Waals surface area contributed by atoms with E-state index in [4.69, 9.17) is 4.18 Å². The molecule has 16 heavy (non-hydrogen) atoms. The van der Waals surface area contributed by atoms with Crippen molar-refractivity contribution in [3.05, 3.63) is 60.7 Å². The van der Waals surface area contributed by atoms with E-state index in [0.717, 1.165) is 0 Å². The minimum absolute atomic E-state index is 0.142. The standard InChI is InChI=1S/C12H9O3S/c13-16(14,12-9-5-2-6-10-12)15-11-7-3-1-4-8-11/h2-10H. The van der Waals surface area contributed by atoms with Crippen LogP contribution < -0.4 is 4.18 Å². The second-order valence-corrected chi connectivity index (χ2v) is 4.63. The molecule has 2 aromatic rings. The molecule has 0 aliphatic heterocycles. The third-order valence-corrected chi connectivity index (χ3v) is 3.19. The van der Waals surface area contributed by atoms with Crippen LogP contribution >= 0.6 is 0 Å². The van der Waals surface area contributed by atoms with Crippen molar-refractivity contribution >= 4 is 10.1 Å². The molecule has 0 amide bonds. The molecular formula is C12H9O3S. The van der Waals surface area contributed by atoms with Gasteiger partial charge in [-0.1, -0.05) is 30.3 Å². The van der Waals surface area contributed by atoms with Gasteiger partial charge in [0.15, 0.2) is 0 Å². The number of hydrogen-bond donors (Lipinski definition) is 0. The largest absolute Gasteiger partial charge is 0.379 e. The number of rotatable bonds is 3. The van der Waals surface area contributed by atoms with Crippen LogP contribution in [0.25, 0.3) is 0 Å². The van der Waals surface area contributed by atoms with Gasteiger partial charge in [-0.05, 0) is 30.3 Å². The predicted molar refractivity (Wildman–Crippen MR) is 59.5 cm³/mol. The van der Waals surface area contributed by atoms with Crippen LogP contribution in [0.2, 0.25) is 0 Å². The van der Waals surface area contributed by atoms with Gasteiger partial charge in [-0.3, -0.25) is 0 Å². The van der Waals surface area contributed by atoms with E-state index in [1.807, 2.05) is 0 Å². The van der Waals surface area contributed by atoms with Gasteiger partial charge < -0.3 is 4.18 Å². The molecule has 0 heterocycles. The van der Waals surface area contributed by atoms with Gasteiger partial charge in [0.1, 0.15) is 10.6 Å². The molecule has 0 N–H and O–H groups in total. The van der Waals surface area contributed by atoms with Gasteiger partial charge in [-0.15, -0.1) is 0 Å². The van der Waals surface area contributed by atoms with Crippen LogP contribution in [0, 0.1) is 6.07 Å². The lowest BCUT2D eigenvalue weighted by atomic mass is 10.3. The van der Waals surface area contributed by atoms with E-state index in [9.17, 15) is 8.42 Å². The maximum absolute atomic E-state index is 11.8. The summed E-state index contributed by atoms with van der Waals surface area (Å²) >= 11 is 0. The van der Waals surface area contributed by atoms with Crippen molar-refractivity contribution in [1.82, 2.24) is 0 Å². The van der Waals surface area contributed by atoms with Crippen LogP contribution in [-0.2, 0) is 10.1 Å². The fraction of sp³-hybridized carbons (Fsp3) is 0. The minimum atomic E-state index is -3.73.